The summed E-state index contributed by atoms with van der Waals surface area (Å²) in [6.45, 7) is 8.68. The first-order valence-corrected chi connectivity index (χ1v) is 8.63. The van der Waals surface area contributed by atoms with Gasteiger partial charge >= 0.3 is 0 Å². The van der Waals surface area contributed by atoms with Crippen molar-refractivity contribution in [3.8, 4) is 0 Å². The molecule has 0 radical (unpaired) electrons. The molecule has 0 amide bonds. The summed E-state index contributed by atoms with van der Waals surface area (Å²) in [6.07, 6.45) is 3.99. The predicted octanol–water partition coefficient (Wildman–Crippen LogP) is 2.51. The molecule has 1 fully saturated rings. The zero-order valence-electron chi connectivity index (χ0n) is 11.6. The first kappa shape index (κ1) is 15.0. The standard InChI is InChI=1S/C13H26O3S/c1-6-10(3)11(4)13-12(16-13)7-9(2)8-17(5,14)15/h9-13H,6-8H2,1-5H3. The second kappa shape index (κ2) is 5.70. The van der Waals surface area contributed by atoms with Gasteiger partial charge in [-0.3, -0.25) is 0 Å². The highest BCUT2D eigenvalue weighted by Gasteiger charge is 2.44. The largest absolute Gasteiger partial charge is 0.369 e. The molecule has 3 nitrogen and oxygen atoms in total. The topological polar surface area (TPSA) is 46.7 Å². The van der Waals surface area contributed by atoms with Crippen molar-refractivity contribution in [1.29, 1.82) is 0 Å². The lowest BCUT2D eigenvalue weighted by atomic mass is 9.88. The Kier molecular flexibility index (Phi) is 5.02. The molecule has 0 saturated carbocycles. The fourth-order valence-electron chi connectivity index (χ4n) is 2.49. The van der Waals surface area contributed by atoms with E-state index >= 15 is 0 Å². The van der Waals surface area contributed by atoms with E-state index in [-0.39, 0.29) is 17.8 Å². The van der Waals surface area contributed by atoms with E-state index in [0.717, 1.165) is 6.42 Å². The first-order valence-electron chi connectivity index (χ1n) is 6.57. The van der Waals surface area contributed by atoms with E-state index in [1.54, 1.807) is 0 Å². The van der Waals surface area contributed by atoms with Crippen LogP contribution in [0.3, 0.4) is 0 Å². The third kappa shape index (κ3) is 4.96. The molecule has 102 valence electrons. The molecule has 0 aromatic heterocycles. The minimum atomic E-state index is -2.86. The van der Waals surface area contributed by atoms with Crippen molar-refractivity contribution < 1.29 is 13.2 Å². The minimum absolute atomic E-state index is 0.198. The van der Waals surface area contributed by atoms with Gasteiger partial charge in [0, 0.05) is 6.26 Å². The molecule has 0 bridgehead atoms. The molecule has 5 atom stereocenters. The van der Waals surface area contributed by atoms with Crippen LogP contribution < -0.4 is 0 Å². The van der Waals surface area contributed by atoms with Crippen LogP contribution in [-0.4, -0.2) is 32.6 Å². The summed E-state index contributed by atoms with van der Waals surface area (Å²) in [5.74, 6) is 1.73. The lowest BCUT2D eigenvalue weighted by Gasteiger charge is -2.16. The number of sulfone groups is 1. The second-order valence-corrected chi connectivity index (χ2v) is 8.00. The van der Waals surface area contributed by atoms with Crippen LogP contribution in [0.25, 0.3) is 0 Å². The van der Waals surface area contributed by atoms with Gasteiger partial charge in [-0.25, -0.2) is 8.42 Å². The fourth-order valence-corrected chi connectivity index (χ4v) is 3.66. The van der Waals surface area contributed by atoms with Crippen molar-refractivity contribution in [2.75, 3.05) is 12.0 Å². The molecule has 0 aromatic rings. The van der Waals surface area contributed by atoms with E-state index in [1.807, 2.05) is 6.92 Å². The Balaban J connectivity index is 2.33. The fraction of sp³-hybridized carbons (Fsp3) is 1.00. The maximum Gasteiger partial charge on any atom is 0.147 e. The van der Waals surface area contributed by atoms with Crippen LogP contribution in [0.2, 0.25) is 0 Å². The van der Waals surface area contributed by atoms with E-state index in [1.165, 1.54) is 12.7 Å². The van der Waals surface area contributed by atoms with Crippen LogP contribution >= 0.6 is 0 Å². The third-order valence-electron chi connectivity index (χ3n) is 3.90. The molecule has 1 saturated heterocycles. The minimum Gasteiger partial charge on any atom is -0.369 e. The average Bonchev–Trinajstić information content (AvgIpc) is 2.91. The van der Waals surface area contributed by atoms with Gasteiger partial charge in [0.05, 0.1) is 18.0 Å². The number of rotatable bonds is 7. The van der Waals surface area contributed by atoms with Crippen LogP contribution in [0, 0.1) is 17.8 Å². The molecule has 4 heteroatoms. The Morgan fingerprint density at radius 3 is 2.29 bits per heavy atom. The number of ether oxygens (including phenoxy) is 1. The molecular weight excluding hydrogens is 236 g/mol. The lowest BCUT2D eigenvalue weighted by Crippen LogP contribution is -2.18. The van der Waals surface area contributed by atoms with Crippen LogP contribution in [0.5, 0.6) is 0 Å². The van der Waals surface area contributed by atoms with Gasteiger partial charge in [0.25, 0.3) is 0 Å². The van der Waals surface area contributed by atoms with Gasteiger partial charge in [-0.1, -0.05) is 34.1 Å². The summed E-state index contributed by atoms with van der Waals surface area (Å²) < 4.78 is 28.0. The van der Waals surface area contributed by atoms with Crippen molar-refractivity contribution in [1.82, 2.24) is 0 Å². The zero-order chi connectivity index (χ0) is 13.2. The molecular formula is C13H26O3S. The number of hydrogen-bond donors (Lipinski definition) is 0. The van der Waals surface area contributed by atoms with Crippen LogP contribution in [-0.2, 0) is 14.6 Å². The van der Waals surface area contributed by atoms with Crippen molar-refractivity contribution in [2.45, 2.75) is 52.7 Å². The van der Waals surface area contributed by atoms with Crippen molar-refractivity contribution in [2.24, 2.45) is 17.8 Å². The molecule has 1 aliphatic heterocycles. The quantitative estimate of drug-likeness (QED) is 0.662. The van der Waals surface area contributed by atoms with Gasteiger partial charge in [-0.2, -0.15) is 0 Å². The van der Waals surface area contributed by atoms with E-state index in [0.29, 0.717) is 17.9 Å². The Hall–Kier alpha value is -0.0900. The molecule has 1 rings (SSSR count). The van der Waals surface area contributed by atoms with Gasteiger partial charge in [-0.05, 0) is 24.2 Å². The SMILES string of the molecule is CCC(C)C(C)C1OC1CC(C)CS(C)(=O)=O. The van der Waals surface area contributed by atoms with Gasteiger partial charge in [0.2, 0.25) is 0 Å². The summed E-state index contributed by atoms with van der Waals surface area (Å²) in [5.41, 5.74) is 0. The normalized spacial score (nSPS) is 29.7. The monoisotopic (exact) mass is 262 g/mol. The van der Waals surface area contributed by atoms with E-state index in [9.17, 15) is 8.42 Å². The molecule has 5 unspecified atom stereocenters. The Morgan fingerprint density at radius 2 is 1.82 bits per heavy atom. The Labute approximate surface area is 106 Å². The van der Waals surface area contributed by atoms with Crippen molar-refractivity contribution >= 4 is 9.84 Å². The highest BCUT2D eigenvalue weighted by atomic mass is 32.2. The van der Waals surface area contributed by atoms with Gasteiger partial charge < -0.3 is 4.74 Å². The maximum atomic E-state index is 11.2. The van der Waals surface area contributed by atoms with Crippen LogP contribution in [0.1, 0.15) is 40.5 Å². The molecule has 1 heterocycles. The van der Waals surface area contributed by atoms with E-state index in [4.69, 9.17) is 4.74 Å². The van der Waals surface area contributed by atoms with Gasteiger partial charge in [-0.15, -0.1) is 0 Å². The molecule has 0 aliphatic carbocycles. The third-order valence-corrected chi connectivity index (χ3v) is 5.08. The Bertz CT molecular complexity index is 337. The second-order valence-electron chi connectivity index (χ2n) is 5.82. The van der Waals surface area contributed by atoms with E-state index in [2.05, 4.69) is 20.8 Å². The first-order chi connectivity index (χ1) is 7.74. The van der Waals surface area contributed by atoms with Crippen molar-refractivity contribution in [3.05, 3.63) is 0 Å². The highest BCUT2D eigenvalue weighted by molar-refractivity contribution is 7.90. The summed E-state index contributed by atoms with van der Waals surface area (Å²) in [6, 6.07) is 0. The lowest BCUT2D eigenvalue weighted by molar-refractivity contribution is 0.266. The summed E-state index contributed by atoms with van der Waals surface area (Å²) in [4.78, 5) is 0. The van der Waals surface area contributed by atoms with Crippen molar-refractivity contribution in [3.63, 3.8) is 0 Å². The molecule has 0 aromatic carbocycles. The number of epoxide rings is 1. The predicted molar refractivity (Wildman–Crippen MR) is 70.8 cm³/mol. The smallest absolute Gasteiger partial charge is 0.147 e. The highest BCUT2D eigenvalue weighted by Crippen LogP contribution is 2.38. The average molecular weight is 262 g/mol. The summed E-state index contributed by atoms with van der Waals surface area (Å²) in [5, 5.41) is 0. The van der Waals surface area contributed by atoms with Crippen LogP contribution in [0.4, 0.5) is 0 Å². The van der Waals surface area contributed by atoms with Crippen LogP contribution in [0.15, 0.2) is 0 Å². The summed E-state index contributed by atoms with van der Waals surface area (Å²) in [7, 11) is -2.86. The van der Waals surface area contributed by atoms with Gasteiger partial charge in [0.1, 0.15) is 9.84 Å². The molecule has 0 N–H and O–H groups in total. The molecule has 17 heavy (non-hydrogen) atoms. The number of hydrogen-bond acceptors (Lipinski definition) is 3. The molecule has 1 aliphatic rings. The maximum absolute atomic E-state index is 11.2. The van der Waals surface area contributed by atoms with E-state index < -0.39 is 9.84 Å². The zero-order valence-corrected chi connectivity index (χ0v) is 12.5. The molecule has 0 spiro atoms. The Morgan fingerprint density at radius 1 is 1.24 bits per heavy atom. The summed E-state index contributed by atoms with van der Waals surface area (Å²) >= 11 is 0. The van der Waals surface area contributed by atoms with Gasteiger partial charge in [0.15, 0.2) is 0 Å².